The van der Waals surface area contributed by atoms with E-state index in [1.165, 1.54) is 12.5 Å². The second-order valence-electron chi connectivity index (χ2n) is 5.16. The van der Waals surface area contributed by atoms with Crippen LogP contribution in [0.25, 0.3) is 0 Å². The molecule has 1 aromatic heterocycles. The van der Waals surface area contributed by atoms with Gasteiger partial charge in [0.1, 0.15) is 0 Å². The molecule has 7 nitrogen and oxygen atoms in total. The first kappa shape index (κ1) is 15.0. The van der Waals surface area contributed by atoms with Gasteiger partial charge in [0.2, 0.25) is 0 Å². The Morgan fingerprint density at radius 1 is 1.50 bits per heavy atom. The quantitative estimate of drug-likeness (QED) is 0.810. The van der Waals surface area contributed by atoms with E-state index in [-0.39, 0.29) is 11.6 Å². The van der Waals surface area contributed by atoms with Crippen molar-refractivity contribution in [2.24, 2.45) is 5.41 Å². The van der Waals surface area contributed by atoms with Crippen molar-refractivity contribution in [2.45, 2.75) is 44.2 Å². The Hall–Kier alpha value is -1.41. The summed E-state index contributed by atoms with van der Waals surface area (Å²) in [6.07, 6.45) is 5.53. The van der Waals surface area contributed by atoms with Gasteiger partial charge in [0.25, 0.3) is 10.0 Å². The molecule has 1 aliphatic carbocycles. The average Bonchev–Trinajstić information content (AvgIpc) is 3.06. The molecule has 8 heteroatoms. The van der Waals surface area contributed by atoms with Crippen LogP contribution in [0, 0.1) is 5.41 Å². The first-order valence-corrected chi connectivity index (χ1v) is 8.13. The maximum Gasteiger partial charge on any atom is 0.310 e. The van der Waals surface area contributed by atoms with Crippen molar-refractivity contribution in [2.75, 3.05) is 6.54 Å². The molecule has 20 heavy (non-hydrogen) atoms. The zero-order chi connectivity index (χ0) is 14.8. The van der Waals surface area contributed by atoms with E-state index in [0.29, 0.717) is 19.4 Å². The minimum absolute atomic E-state index is 0.0714. The summed E-state index contributed by atoms with van der Waals surface area (Å²) in [4.78, 5) is 15.2. The molecular formula is C12H19N3O4S. The SMILES string of the molecule is CCn1cnc(S(=O)(=O)NCC2(C(=O)O)CCCC2)c1. The minimum atomic E-state index is -3.75. The van der Waals surface area contributed by atoms with Crippen molar-refractivity contribution >= 4 is 16.0 Å². The number of imidazole rings is 1. The van der Waals surface area contributed by atoms with Crippen molar-refractivity contribution in [1.82, 2.24) is 14.3 Å². The third kappa shape index (κ3) is 2.85. The first-order chi connectivity index (χ1) is 9.39. The second kappa shape index (κ2) is 5.53. The number of aryl methyl sites for hydroxylation is 1. The summed E-state index contributed by atoms with van der Waals surface area (Å²) in [5.41, 5.74) is -0.972. The number of hydrogen-bond donors (Lipinski definition) is 2. The molecule has 1 heterocycles. The van der Waals surface area contributed by atoms with Crippen LogP contribution in [0.5, 0.6) is 0 Å². The van der Waals surface area contributed by atoms with Crippen molar-refractivity contribution in [3.05, 3.63) is 12.5 Å². The molecule has 1 aliphatic rings. The Morgan fingerprint density at radius 3 is 2.65 bits per heavy atom. The Balaban J connectivity index is 2.10. The highest BCUT2D eigenvalue weighted by molar-refractivity contribution is 7.89. The van der Waals surface area contributed by atoms with Crippen LogP contribution in [-0.2, 0) is 21.4 Å². The molecule has 0 saturated heterocycles. The Labute approximate surface area is 118 Å². The summed E-state index contributed by atoms with van der Waals surface area (Å²) >= 11 is 0. The van der Waals surface area contributed by atoms with E-state index in [1.54, 1.807) is 4.57 Å². The second-order valence-corrected chi connectivity index (χ2v) is 6.87. The van der Waals surface area contributed by atoms with Crippen LogP contribution in [0.1, 0.15) is 32.6 Å². The van der Waals surface area contributed by atoms with Crippen molar-refractivity contribution in [3.8, 4) is 0 Å². The van der Waals surface area contributed by atoms with E-state index in [1.807, 2.05) is 6.92 Å². The number of nitrogens with one attached hydrogen (secondary N) is 1. The maximum atomic E-state index is 12.1. The highest BCUT2D eigenvalue weighted by Gasteiger charge is 2.42. The number of carboxylic acid groups (broad SMARTS) is 1. The Morgan fingerprint density at radius 2 is 2.15 bits per heavy atom. The molecule has 2 rings (SSSR count). The molecule has 0 aromatic carbocycles. The summed E-state index contributed by atoms with van der Waals surface area (Å²) in [5, 5.41) is 9.25. The molecule has 0 radical (unpaired) electrons. The van der Waals surface area contributed by atoms with Gasteiger partial charge in [-0.1, -0.05) is 12.8 Å². The largest absolute Gasteiger partial charge is 0.481 e. The highest BCUT2D eigenvalue weighted by atomic mass is 32.2. The molecule has 0 atom stereocenters. The highest BCUT2D eigenvalue weighted by Crippen LogP contribution is 2.38. The lowest BCUT2D eigenvalue weighted by Gasteiger charge is -2.23. The van der Waals surface area contributed by atoms with Gasteiger partial charge in [0.05, 0.1) is 11.7 Å². The van der Waals surface area contributed by atoms with Gasteiger partial charge in [-0.05, 0) is 19.8 Å². The van der Waals surface area contributed by atoms with E-state index in [4.69, 9.17) is 0 Å². The lowest BCUT2D eigenvalue weighted by molar-refractivity contribution is -0.148. The van der Waals surface area contributed by atoms with E-state index in [2.05, 4.69) is 9.71 Å². The van der Waals surface area contributed by atoms with Gasteiger partial charge in [-0.25, -0.2) is 18.1 Å². The Kier molecular flexibility index (Phi) is 4.14. The van der Waals surface area contributed by atoms with Gasteiger partial charge in [-0.3, -0.25) is 4.79 Å². The zero-order valence-electron chi connectivity index (χ0n) is 11.4. The van der Waals surface area contributed by atoms with Gasteiger partial charge in [0, 0.05) is 19.3 Å². The molecule has 1 saturated carbocycles. The third-order valence-electron chi connectivity index (χ3n) is 3.86. The van der Waals surface area contributed by atoms with Gasteiger partial charge < -0.3 is 9.67 Å². The molecule has 0 bridgehead atoms. The zero-order valence-corrected chi connectivity index (χ0v) is 12.2. The fraction of sp³-hybridized carbons (Fsp3) is 0.667. The molecule has 1 fully saturated rings. The van der Waals surface area contributed by atoms with Crippen LogP contribution in [-0.4, -0.2) is 35.6 Å². The van der Waals surface area contributed by atoms with E-state index in [9.17, 15) is 18.3 Å². The summed E-state index contributed by atoms with van der Waals surface area (Å²) in [5.74, 6) is -0.934. The number of nitrogens with zero attached hydrogens (tertiary/aromatic N) is 2. The smallest absolute Gasteiger partial charge is 0.310 e. The number of carbonyl (C=O) groups is 1. The summed E-state index contributed by atoms with van der Waals surface area (Å²) in [6.45, 7) is 2.43. The number of aromatic nitrogens is 2. The lowest BCUT2D eigenvalue weighted by Crippen LogP contribution is -2.41. The number of hydrogen-bond acceptors (Lipinski definition) is 4. The fourth-order valence-corrected chi connectivity index (χ4v) is 3.55. The van der Waals surface area contributed by atoms with Gasteiger partial charge in [-0.2, -0.15) is 0 Å². The van der Waals surface area contributed by atoms with Crippen LogP contribution >= 0.6 is 0 Å². The first-order valence-electron chi connectivity index (χ1n) is 6.64. The van der Waals surface area contributed by atoms with E-state index < -0.39 is 21.4 Å². The summed E-state index contributed by atoms with van der Waals surface area (Å²) in [6, 6.07) is 0. The Bertz CT molecular complexity index is 588. The van der Waals surface area contributed by atoms with Crippen molar-refractivity contribution < 1.29 is 18.3 Å². The maximum absolute atomic E-state index is 12.1. The fourth-order valence-electron chi connectivity index (χ4n) is 2.48. The lowest BCUT2D eigenvalue weighted by atomic mass is 9.87. The normalized spacial score (nSPS) is 18.2. The van der Waals surface area contributed by atoms with E-state index in [0.717, 1.165) is 12.8 Å². The molecule has 0 amide bonds. The monoisotopic (exact) mass is 301 g/mol. The standard InChI is InChI=1S/C12H19N3O4S/c1-2-15-7-10(13-9-15)20(18,19)14-8-12(11(16)17)5-3-4-6-12/h7,9,14H,2-6,8H2,1H3,(H,16,17). The molecule has 0 unspecified atom stereocenters. The van der Waals surface area contributed by atoms with Crippen LogP contribution in [0.4, 0.5) is 0 Å². The van der Waals surface area contributed by atoms with Crippen molar-refractivity contribution in [3.63, 3.8) is 0 Å². The third-order valence-corrected chi connectivity index (χ3v) is 5.15. The van der Waals surface area contributed by atoms with Crippen LogP contribution < -0.4 is 4.72 Å². The minimum Gasteiger partial charge on any atom is -0.481 e. The molecule has 1 aromatic rings. The molecule has 112 valence electrons. The topological polar surface area (TPSA) is 101 Å². The molecule has 2 N–H and O–H groups in total. The average molecular weight is 301 g/mol. The predicted octanol–water partition coefficient (Wildman–Crippen LogP) is 0.826. The summed E-state index contributed by atoms with van der Waals surface area (Å²) < 4.78 is 28.2. The number of carboxylic acids is 1. The number of rotatable bonds is 6. The molecule has 0 spiro atoms. The van der Waals surface area contributed by atoms with Gasteiger partial charge >= 0.3 is 5.97 Å². The van der Waals surface area contributed by atoms with Crippen LogP contribution in [0.2, 0.25) is 0 Å². The molecular weight excluding hydrogens is 282 g/mol. The summed E-state index contributed by atoms with van der Waals surface area (Å²) in [7, 11) is -3.75. The van der Waals surface area contributed by atoms with Gasteiger partial charge in [-0.15, -0.1) is 0 Å². The molecule has 0 aliphatic heterocycles. The van der Waals surface area contributed by atoms with Crippen molar-refractivity contribution in [1.29, 1.82) is 0 Å². The number of aliphatic carboxylic acids is 1. The number of sulfonamides is 1. The van der Waals surface area contributed by atoms with E-state index >= 15 is 0 Å². The van der Waals surface area contributed by atoms with Gasteiger partial charge in [0.15, 0.2) is 5.03 Å². The van der Waals surface area contributed by atoms with Crippen LogP contribution in [0.3, 0.4) is 0 Å². The van der Waals surface area contributed by atoms with Crippen LogP contribution in [0.15, 0.2) is 17.6 Å². The predicted molar refractivity (Wildman–Crippen MR) is 71.6 cm³/mol.